The number of hydrogen-bond donors (Lipinski definition) is 0. The molecule has 0 aromatic heterocycles. The zero-order chi connectivity index (χ0) is 19.3. The molecule has 1 saturated heterocycles. The van der Waals surface area contributed by atoms with Gasteiger partial charge in [0.05, 0.1) is 19.1 Å². The Bertz CT molecular complexity index is 827. The lowest BCUT2D eigenvalue weighted by molar-refractivity contribution is -0.108. The molecule has 1 heterocycles. The molecular weight excluding hydrogens is 350 g/mol. The Hall–Kier alpha value is -2.33. The summed E-state index contributed by atoms with van der Waals surface area (Å²) < 4.78 is 12.0. The molecule has 1 fully saturated rings. The first-order valence-corrected chi connectivity index (χ1v) is 10.5. The summed E-state index contributed by atoms with van der Waals surface area (Å²) in [5.74, 6) is 1.46. The molecule has 2 aliphatic rings. The van der Waals surface area contributed by atoms with Gasteiger partial charge in [-0.15, -0.1) is 0 Å². The lowest BCUT2D eigenvalue weighted by Gasteiger charge is -2.16. The summed E-state index contributed by atoms with van der Waals surface area (Å²) >= 11 is 0. The van der Waals surface area contributed by atoms with E-state index in [1.54, 1.807) is 0 Å². The van der Waals surface area contributed by atoms with Crippen molar-refractivity contribution in [1.29, 1.82) is 0 Å². The molecule has 0 saturated carbocycles. The fraction of sp³-hybridized carbons (Fsp3) is 0.458. The van der Waals surface area contributed by atoms with Crippen molar-refractivity contribution in [2.24, 2.45) is 0 Å². The van der Waals surface area contributed by atoms with E-state index in [0.29, 0.717) is 13.2 Å². The molecule has 0 radical (unpaired) electrons. The van der Waals surface area contributed by atoms with E-state index in [-0.39, 0.29) is 5.92 Å². The molecule has 1 atom stereocenters. The fourth-order valence-corrected chi connectivity index (χ4v) is 4.34. The summed E-state index contributed by atoms with van der Waals surface area (Å²) in [5, 5.41) is 0. The van der Waals surface area contributed by atoms with Gasteiger partial charge < -0.3 is 19.2 Å². The smallest absolute Gasteiger partial charge is 0.131 e. The average molecular weight is 380 g/mol. The SMILES string of the molecule is CCCOc1ccc2c(c1)C(C=O)c1cccc(OCCCN3CCCC3)c1-2. The third-order valence-corrected chi connectivity index (χ3v) is 5.70. The molecule has 2 aromatic carbocycles. The zero-order valence-electron chi connectivity index (χ0n) is 16.7. The highest BCUT2D eigenvalue weighted by atomic mass is 16.5. The van der Waals surface area contributed by atoms with E-state index in [1.165, 1.54) is 25.9 Å². The predicted octanol–water partition coefficient (Wildman–Crippen LogP) is 4.65. The minimum absolute atomic E-state index is 0.247. The quantitative estimate of drug-likeness (QED) is 0.469. The number of nitrogens with zero attached hydrogens (tertiary/aromatic N) is 1. The van der Waals surface area contributed by atoms with Crippen molar-refractivity contribution >= 4 is 6.29 Å². The van der Waals surface area contributed by atoms with E-state index in [0.717, 1.165) is 59.4 Å². The third-order valence-electron chi connectivity index (χ3n) is 5.70. The van der Waals surface area contributed by atoms with Gasteiger partial charge in [-0.25, -0.2) is 0 Å². The number of carbonyl (C=O) groups excluding carboxylic acids is 1. The minimum atomic E-state index is -0.247. The van der Waals surface area contributed by atoms with Gasteiger partial charge in [-0.05, 0) is 73.7 Å². The molecule has 2 aromatic rings. The number of benzene rings is 2. The number of ether oxygens (including phenoxy) is 2. The number of carbonyl (C=O) groups is 1. The molecular formula is C24H29NO3. The van der Waals surface area contributed by atoms with Crippen LogP contribution in [0.25, 0.3) is 11.1 Å². The molecule has 0 spiro atoms. The Morgan fingerprint density at radius 2 is 1.93 bits per heavy atom. The van der Waals surface area contributed by atoms with Gasteiger partial charge in [0.15, 0.2) is 0 Å². The normalized spacial score (nSPS) is 18.0. The lowest BCUT2D eigenvalue weighted by Crippen LogP contribution is -2.21. The van der Waals surface area contributed by atoms with Gasteiger partial charge in [-0.2, -0.15) is 0 Å². The number of hydrogen-bond acceptors (Lipinski definition) is 4. The Morgan fingerprint density at radius 1 is 1.07 bits per heavy atom. The fourth-order valence-electron chi connectivity index (χ4n) is 4.34. The Kier molecular flexibility index (Phi) is 5.96. The van der Waals surface area contributed by atoms with Crippen LogP contribution in [0.4, 0.5) is 0 Å². The molecule has 4 heteroatoms. The number of likely N-dealkylation sites (tertiary alicyclic amines) is 1. The van der Waals surface area contributed by atoms with Crippen molar-refractivity contribution in [2.75, 3.05) is 32.8 Å². The van der Waals surface area contributed by atoms with Crippen molar-refractivity contribution in [3.8, 4) is 22.6 Å². The highest BCUT2D eigenvalue weighted by molar-refractivity contribution is 5.91. The summed E-state index contributed by atoms with van der Waals surface area (Å²) in [6.45, 7) is 7.01. The second-order valence-electron chi connectivity index (χ2n) is 7.68. The lowest BCUT2D eigenvalue weighted by atomic mass is 9.98. The van der Waals surface area contributed by atoms with Gasteiger partial charge in [-0.3, -0.25) is 0 Å². The van der Waals surface area contributed by atoms with Crippen LogP contribution in [0.5, 0.6) is 11.5 Å². The molecule has 1 unspecified atom stereocenters. The summed E-state index contributed by atoms with van der Waals surface area (Å²) in [7, 11) is 0. The van der Waals surface area contributed by atoms with Gasteiger partial charge in [0, 0.05) is 12.1 Å². The highest BCUT2D eigenvalue weighted by Gasteiger charge is 2.31. The highest BCUT2D eigenvalue weighted by Crippen LogP contribution is 2.49. The Labute approximate surface area is 167 Å². The van der Waals surface area contributed by atoms with Crippen LogP contribution in [0.15, 0.2) is 36.4 Å². The number of rotatable bonds is 9. The molecule has 1 aliphatic heterocycles. The summed E-state index contributed by atoms with van der Waals surface area (Å²) in [6, 6.07) is 12.1. The molecule has 4 rings (SSSR count). The van der Waals surface area contributed by atoms with E-state index >= 15 is 0 Å². The molecule has 0 N–H and O–H groups in total. The number of fused-ring (bicyclic) bond motifs is 3. The van der Waals surface area contributed by atoms with Crippen LogP contribution in [0, 0.1) is 0 Å². The second-order valence-corrected chi connectivity index (χ2v) is 7.68. The average Bonchev–Trinajstić information content (AvgIpc) is 3.35. The van der Waals surface area contributed by atoms with Crippen LogP contribution in [0.1, 0.15) is 49.7 Å². The molecule has 0 bridgehead atoms. The first kappa shape index (κ1) is 19.0. The molecule has 4 nitrogen and oxygen atoms in total. The molecule has 0 amide bonds. The van der Waals surface area contributed by atoms with E-state index in [4.69, 9.17) is 9.47 Å². The van der Waals surface area contributed by atoms with Crippen LogP contribution >= 0.6 is 0 Å². The molecule has 148 valence electrons. The van der Waals surface area contributed by atoms with Crippen LogP contribution in [0.2, 0.25) is 0 Å². The van der Waals surface area contributed by atoms with Gasteiger partial charge in [-0.1, -0.05) is 25.1 Å². The van der Waals surface area contributed by atoms with Crippen molar-refractivity contribution in [3.05, 3.63) is 47.5 Å². The van der Waals surface area contributed by atoms with Crippen LogP contribution in [-0.2, 0) is 4.79 Å². The summed E-state index contributed by atoms with van der Waals surface area (Å²) in [5.41, 5.74) is 4.21. The first-order valence-electron chi connectivity index (χ1n) is 10.5. The zero-order valence-corrected chi connectivity index (χ0v) is 16.7. The maximum absolute atomic E-state index is 11.9. The van der Waals surface area contributed by atoms with Crippen molar-refractivity contribution in [1.82, 2.24) is 4.90 Å². The molecule has 1 aliphatic carbocycles. The maximum atomic E-state index is 11.9. The van der Waals surface area contributed by atoms with Gasteiger partial charge in [0.2, 0.25) is 0 Å². The predicted molar refractivity (Wildman–Crippen MR) is 111 cm³/mol. The van der Waals surface area contributed by atoms with Gasteiger partial charge in [0.1, 0.15) is 17.8 Å². The van der Waals surface area contributed by atoms with Crippen LogP contribution in [-0.4, -0.2) is 44.0 Å². The summed E-state index contributed by atoms with van der Waals surface area (Å²) in [4.78, 5) is 14.4. The number of aldehydes is 1. The van der Waals surface area contributed by atoms with E-state index in [2.05, 4.69) is 17.9 Å². The second kappa shape index (κ2) is 8.78. The first-order chi connectivity index (χ1) is 13.8. The van der Waals surface area contributed by atoms with Crippen molar-refractivity contribution in [2.45, 2.75) is 38.5 Å². The largest absolute Gasteiger partial charge is 0.494 e. The third kappa shape index (κ3) is 3.79. The van der Waals surface area contributed by atoms with Crippen molar-refractivity contribution in [3.63, 3.8) is 0 Å². The van der Waals surface area contributed by atoms with Gasteiger partial charge in [0.25, 0.3) is 0 Å². The van der Waals surface area contributed by atoms with E-state index in [9.17, 15) is 4.79 Å². The van der Waals surface area contributed by atoms with Gasteiger partial charge >= 0.3 is 0 Å². The van der Waals surface area contributed by atoms with E-state index < -0.39 is 0 Å². The summed E-state index contributed by atoms with van der Waals surface area (Å²) in [6.07, 6.45) is 5.66. The Balaban J connectivity index is 1.53. The van der Waals surface area contributed by atoms with Crippen LogP contribution in [0.3, 0.4) is 0 Å². The monoisotopic (exact) mass is 379 g/mol. The topological polar surface area (TPSA) is 38.8 Å². The molecule has 28 heavy (non-hydrogen) atoms. The van der Waals surface area contributed by atoms with Crippen LogP contribution < -0.4 is 9.47 Å². The maximum Gasteiger partial charge on any atom is 0.131 e. The standard InChI is InChI=1S/C24H29NO3/c1-2-14-27-18-9-10-20-21(16-18)22(17-26)19-7-5-8-23(24(19)20)28-15-6-13-25-11-3-4-12-25/h5,7-10,16-17,22H,2-4,6,11-15H2,1H3. The minimum Gasteiger partial charge on any atom is -0.494 e. The van der Waals surface area contributed by atoms with E-state index in [1.807, 2.05) is 30.3 Å². The Morgan fingerprint density at radius 3 is 2.71 bits per heavy atom. The van der Waals surface area contributed by atoms with Crippen molar-refractivity contribution < 1.29 is 14.3 Å².